The fourth-order valence-electron chi connectivity index (χ4n) is 2.58. The molecule has 27 heavy (non-hydrogen) atoms. The Balaban J connectivity index is 1.66. The van der Waals surface area contributed by atoms with E-state index in [0.717, 1.165) is 12.8 Å². The zero-order valence-corrected chi connectivity index (χ0v) is 15.4. The Bertz CT molecular complexity index is 858. The monoisotopic (exact) mass is 391 g/mol. The van der Waals surface area contributed by atoms with Crippen LogP contribution in [0.15, 0.2) is 36.5 Å². The van der Waals surface area contributed by atoms with Crippen LogP contribution in [0.25, 0.3) is 0 Å². The van der Waals surface area contributed by atoms with Gasteiger partial charge in [0.25, 0.3) is 5.91 Å². The summed E-state index contributed by atoms with van der Waals surface area (Å²) in [7, 11) is 0. The molecule has 142 valence electrons. The number of pyridine rings is 1. The maximum atomic E-state index is 12.5. The number of ether oxygens (including phenoxy) is 1. The van der Waals surface area contributed by atoms with Crippen molar-refractivity contribution in [3.8, 4) is 5.75 Å². The number of halogens is 2. The first-order chi connectivity index (χ1) is 13.0. The van der Waals surface area contributed by atoms with Crippen LogP contribution >= 0.6 is 11.6 Å². The Morgan fingerprint density at radius 2 is 2.11 bits per heavy atom. The first-order valence-corrected chi connectivity index (χ1v) is 8.91. The molecule has 2 amide bonds. The molecule has 2 N–H and O–H groups in total. The van der Waals surface area contributed by atoms with Gasteiger partial charge in [-0.2, -0.15) is 0 Å². The van der Waals surface area contributed by atoms with Crippen LogP contribution in [0.3, 0.4) is 0 Å². The summed E-state index contributed by atoms with van der Waals surface area (Å²) in [4.78, 5) is 28.4. The smallest absolute Gasteiger partial charge is 0.251 e. The third kappa shape index (κ3) is 4.95. The van der Waals surface area contributed by atoms with Gasteiger partial charge in [-0.05, 0) is 49.6 Å². The molecule has 1 fully saturated rings. The minimum Gasteiger partial charge on any atom is -0.463 e. The molecule has 1 aromatic heterocycles. The van der Waals surface area contributed by atoms with E-state index in [1.165, 1.54) is 18.3 Å². The van der Waals surface area contributed by atoms with Gasteiger partial charge < -0.3 is 15.4 Å². The summed E-state index contributed by atoms with van der Waals surface area (Å²) < 4.78 is 17.0. The fraction of sp³-hybridized carbons (Fsp3) is 0.316. The second kappa shape index (κ2) is 8.35. The molecular weight excluding hydrogens is 373 g/mol. The number of benzene rings is 1. The lowest BCUT2D eigenvalue weighted by Crippen LogP contribution is -2.27. The number of aromatic nitrogens is 1. The predicted octanol–water partition coefficient (Wildman–Crippen LogP) is 3.88. The van der Waals surface area contributed by atoms with Crippen molar-refractivity contribution < 1.29 is 18.7 Å². The van der Waals surface area contributed by atoms with E-state index in [1.807, 2.05) is 0 Å². The fourth-order valence-corrected chi connectivity index (χ4v) is 2.92. The molecule has 0 bridgehead atoms. The molecule has 1 aliphatic carbocycles. The highest BCUT2D eigenvalue weighted by Crippen LogP contribution is 2.30. The lowest BCUT2D eigenvalue weighted by atomic mass is 10.1. The summed E-state index contributed by atoms with van der Waals surface area (Å²) in [6.07, 6.45) is 3.25. The van der Waals surface area contributed by atoms with Crippen molar-refractivity contribution in [3.05, 3.63) is 52.7 Å². The largest absolute Gasteiger partial charge is 0.463 e. The van der Waals surface area contributed by atoms with E-state index < -0.39 is 6.86 Å². The van der Waals surface area contributed by atoms with Gasteiger partial charge in [-0.15, -0.1) is 0 Å². The van der Waals surface area contributed by atoms with Crippen molar-refractivity contribution >= 4 is 29.2 Å². The minimum atomic E-state index is -0.941. The molecule has 2 aromatic rings. The molecule has 1 aliphatic rings. The summed E-state index contributed by atoms with van der Waals surface area (Å²) in [5, 5.41) is 5.92. The quantitative estimate of drug-likeness (QED) is 0.750. The average Bonchev–Trinajstić information content (AvgIpc) is 3.47. The number of anilines is 1. The van der Waals surface area contributed by atoms with E-state index in [0.29, 0.717) is 27.7 Å². The van der Waals surface area contributed by atoms with Gasteiger partial charge in [0.2, 0.25) is 12.8 Å². The molecule has 0 radical (unpaired) electrons. The van der Waals surface area contributed by atoms with Crippen molar-refractivity contribution in [1.29, 1.82) is 0 Å². The number of hydrogen-bond donors (Lipinski definition) is 2. The average molecular weight is 392 g/mol. The number of hydrogen-bond acceptors (Lipinski definition) is 4. The van der Waals surface area contributed by atoms with Crippen LogP contribution in [0.1, 0.15) is 41.7 Å². The van der Waals surface area contributed by atoms with E-state index in [9.17, 15) is 14.0 Å². The van der Waals surface area contributed by atoms with Crippen molar-refractivity contribution in [2.24, 2.45) is 5.92 Å². The third-order valence-corrected chi connectivity index (χ3v) is 4.56. The molecular formula is C19H19ClFN3O3. The summed E-state index contributed by atoms with van der Waals surface area (Å²) >= 11 is 6.20. The normalized spacial score (nSPS) is 14.3. The van der Waals surface area contributed by atoms with Crippen LogP contribution in [-0.4, -0.2) is 23.7 Å². The lowest BCUT2D eigenvalue weighted by Gasteiger charge is -2.17. The zero-order valence-electron chi connectivity index (χ0n) is 14.7. The highest BCUT2D eigenvalue weighted by molar-refractivity contribution is 6.31. The van der Waals surface area contributed by atoms with Crippen LogP contribution in [0.5, 0.6) is 5.75 Å². The number of carbonyl (C=O) groups is 2. The van der Waals surface area contributed by atoms with Gasteiger partial charge in [0, 0.05) is 22.7 Å². The van der Waals surface area contributed by atoms with Gasteiger partial charge in [-0.25, -0.2) is 9.37 Å². The number of rotatable bonds is 7. The standard InChI is InChI=1S/C19H19ClFN3O3/c1-11(15-5-4-14(27-10-21)9-16(15)20)23-19(26)13-6-7-22-17(8-13)24-18(25)12-2-3-12/h4-9,11-12H,2-3,10H2,1H3,(H,23,26)(H,22,24,25). The molecule has 1 unspecified atom stereocenters. The number of alkyl halides is 1. The van der Waals surface area contributed by atoms with E-state index >= 15 is 0 Å². The van der Waals surface area contributed by atoms with Gasteiger partial charge in [0.05, 0.1) is 6.04 Å². The van der Waals surface area contributed by atoms with E-state index in [4.69, 9.17) is 16.3 Å². The molecule has 1 saturated carbocycles. The highest BCUT2D eigenvalue weighted by atomic mass is 35.5. The van der Waals surface area contributed by atoms with Crippen LogP contribution in [0.2, 0.25) is 5.02 Å². The van der Waals surface area contributed by atoms with Crippen LogP contribution < -0.4 is 15.4 Å². The summed E-state index contributed by atoms with van der Waals surface area (Å²) in [5.74, 6) is 0.312. The zero-order chi connectivity index (χ0) is 19.4. The Morgan fingerprint density at radius 1 is 1.33 bits per heavy atom. The summed E-state index contributed by atoms with van der Waals surface area (Å²) in [6, 6.07) is 7.46. The summed E-state index contributed by atoms with van der Waals surface area (Å²) in [6.45, 7) is 0.843. The van der Waals surface area contributed by atoms with E-state index in [-0.39, 0.29) is 23.8 Å². The predicted molar refractivity (Wildman–Crippen MR) is 99.5 cm³/mol. The van der Waals surface area contributed by atoms with Gasteiger partial charge in [-0.3, -0.25) is 9.59 Å². The molecule has 8 heteroatoms. The Kier molecular flexibility index (Phi) is 5.91. The molecule has 1 heterocycles. The van der Waals surface area contributed by atoms with Crippen LogP contribution in [0.4, 0.5) is 10.2 Å². The second-order valence-electron chi connectivity index (χ2n) is 6.33. The van der Waals surface area contributed by atoms with Crippen molar-refractivity contribution in [2.45, 2.75) is 25.8 Å². The number of amides is 2. The third-order valence-electron chi connectivity index (χ3n) is 4.23. The molecule has 3 rings (SSSR count). The topological polar surface area (TPSA) is 80.3 Å². The van der Waals surface area contributed by atoms with E-state index in [2.05, 4.69) is 15.6 Å². The van der Waals surface area contributed by atoms with Gasteiger partial charge >= 0.3 is 0 Å². The lowest BCUT2D eigenvalue weighted by molar-refractivity contribution is -0.117. The first kappa shape index (κ1) is 19.1. The molecule has 0 spiro atoms. The Labute approximate surface area is 161 Å². The molecule has 6 nitrogen and oxygen atoms in total. The van der Waals surface area contributed by atoms with Crippen LogP contribution in [0, 0.1) is 5.92 Å². The number of nitrogens with one attached hydrogen (secondary N) is 2. The Morgan fingerprint density at radius 3 is 2.78 bits per heavy atom. The number of carbonyl (C=O) groups excluding carboxylic acids is 2. The van der Waals surface area contributed by atoms with Crippen LogP contribution in [-0.2, 0) is 4.79 Å². The first-order valence-electron chi connectivity index (χ1n) is 8.54. The summed E-state index contributed by atoms with van der Waals surface area (Å²) in [5.41, 5.74) is 1.05. The molecule has 0 aliphatic heterocycles. The molecule has 0 saturated heterocycles. The second-order valence-corrected chi connectivity index (χ2v) is 6.73. The Hall–Kier alpha value is -2.67. The van der Waals surface area contributed by atoms with Gasteiger partial charge in [0.15, 0.2) is 0 Å². The SMILES string of the molecule is CC(NC(=O)c1ccnc(NC(=O)C2CC2)c1)c1ccc(OCF)cc1Cl. The maximum Gasteiger partial charge on any atom is 0.251 e. The van der Waals surface area contributed by atoms with Gasteiger partial charge in [-0.1, -0.05) is 17.7 Å². The highest BCUT2D eigenvalue weighted by Gasteiger charge is 2.29. The molecule has 1 atom stereocenters. The van der Waals surface area contributed by atoms with Crippen molar-refractivity contribution in [1.82, 2.24) is 10.3 Å². The minimum absolute atomic E-state index is 0.0517. The van der Waals surface area contributed by atoms with Crippen molar-refractivity contribution in [3.63, 3.8) is 0 Å². The number of nitrogens with zero attached hydrogens (tertiary/aromatic N) is 1. The molecule has 1 aromatic carbocycles. The maximum absolute atomic E-state index is 12.5. The van der Waals surface area contributed by atoms with Gasteiger partial charge in [0.1, 0.15) is 11.6 Å². The van der Waals surface area contributed by atoms with E-state index in [1.54, 1.807) is 25.1 Å². The van der Waals surface area contributed by atoms with Crippen molar-refractivity contribution in [2.75, 3.05) is 12.2 Å².